The van der Waals surface area contributed by atoms with E-state index in [1.807, 2.05) is 0 Å². The average Bonchev–Trinajstić information content (AvgIpc) is 2.25. The predicted octanol–water partition coefficient (Wildman–Crippen LogP) is 3.45. The fraction of sp³-hybridized carbons (Fsp3) is 1.00. The summed E-state index contributed by atoms with van der Waals surface area (Å²) in [6.45, 7) is 8.73. The van der Waals surface area contributed by atoms with Crippen molar-refractivity contribution in [2.24, 2.45) is 11.8 Å². The molecule has 1 aliphatic heterocycles. The zero-order valence-corrected chi connectivity index (χ0v) is 11.3. The van der Waals surface area contributed by atoms with Crippen molar-refractivity contribution in [1.29, 1.82) is 0 Å². The van der Waals surface area contributed by atoms with Gasteiger partial charge >= 0.3 is 0 Å². The van der Waals surface area contributed by atoms with E-state index in [0.29, 0.717) is 0 Å². The van der Waals surface area contributed by atoms with Crippen LogP contribution in [0.25, 0.3) is 0 Å². The van der Waals surface area contributed by atoms with Crippen molar-refractivity contribution in [3.63, 3.8) is 0 Å². The lowest BCUT2D eigenvalue weighted by atomic mass is 9.87. The number of rotatable bonds is 6. The molecule has 1 rings (SSSR count). The van der Waals surface area contributed by atoms with Gasteiger partial charge in [0.25, 0.3) is 0 Å². The van der Waals surface area contributed by atoms with Crippen molar-refractivity contribution < 1.29 is 0 Å². The van der Waals surface area contributed by atoms with Crippen LogP contribution >= 0.6 is 12.6 Å². The summed E-state index contributed by atoms with van der Waals surface area (Å²) in [5, 5.41) is 0. The minimum atomic E-state index is 0.885. The van der Waals surface area contributed by atoms with Gasteiger partial charge in [-0.1, -0.05) is 20.3 Å². The van der Waals surface area contributed by atoms with Gasteiger partial charge in [0.1, 0.15) is 0 Å². The summed E-state index contributed by atoms with van der Waals surface area (Å²) in [6, 6.07) is 0. The van der Waals surface area contributed by atoms with E-state index >= 15 is 0 Å². The number of nitrogens with zero attached hydrogens (tertiary/aromatic N) is 1. The molecule has 0 aromatic heterocycles. The van der Waals surface area contributed by atoms with Crippen molar-refractivity contribution in [3.8, 4) is 0 Å². The molecule has 1 nitrogen and oxygen atoms in total. The number of unbranched alkanes of at least 4 members (excludes halogenated alkanes) is 2. The first kappa shape index (κ1) is 13.4. The first-order valence-corrected chi connectivity index (χ1v) is 7.20. The third-order valence-corrected chi connectivity index (χ3v) is 4.02. The molecule has 1 aliphatic rings. The fourth-order valence-electron chi connectivity index (χ4n) is 2.47. The number of hydrogen-bond donors (Lipinski definition) is 1. The minimum Gasteiger partial charge on any atom is -0.303 e. The molecule has 0 amide bonds. The summed E-state index contributed by atoms with van der Waals surface area (Å²) in [7, 11) is 0. The van der Waals surface area contributed by atoms with E-state index in [2.05, 4.69) is 31.4 Å². The maximum atomic E-state index is 4.24. The van der Waals surface area contributed by atoms with E-state index < -0.39 is 0 Å². The van der Waals surface area contributed by atoms with Crippen molar-refractivity contribution in [2.45, 2.75) is 46.0 Å². The highest BCUT2D eigenvalue weighted by atomic mass is 32.1. The molecule has 1 fully saturated rings. The number of likely N-dealkylation sites (tertiary alicyclic amines) is 1. The predicted molar refractivity (Wildman–Crippen MR) is 71.7 cm³/mol. The van der Waals surface area contributed by atoms with Gasteiger partial charge in [0, 0.05) is 0 Å². The van der Waals surface area contributed by atoms with E-state index in [0.717, 1.165) is 17.6 Å². The standard InChI is InChI=1S/C13H27NS/c1-12(2)13-6-9-14(10-7-13)8-4-3-5-11-15/h12-13,15H,3-11H2,1-2H3. The monoisotopic (exact) mass is 229 g/mol. The zero-order valence-electron chi connectivity index (χ0n) is 10.4. The van der Waals surface area contributed by atoms with Crippen LogP contribution in [-0.2, 0) is 0 Å². The Hall–Kier alpha value is 0.310. The van der Waals surface area contributed by atoms with Crippen LogP contribution in [0.3, 0.4) is 0 Å². The molecule has 0 bridgehead atoms. The van der Waals surface area contributed by atoms with Gasteiger partial charge in [-0.2, -0.15) is 12.6 Å². The molecule has 0 atom stereocenters. The largest absolute Gasteiger partial charge is 0.303 e. The van der Waals surface area contributed by atoms with Gasteiger partial charge in [0.15, 0.2) is 0 Å². The molecule has 1 saturated heterocycles. The van der Waals surface area contributed by atoms with E-state index in [9.17, 15) is 0 Å². The van der Waals surface area contributed by atoms with Gasteiger partial charge in [-0.05, 0) is 62.9 Å². The van der Waals surface area contributed by atoms with Gasteiger partial charge in [0.05, 0.1) is 0 Å². The Labute approximate surface area is 101 Å². The van der Waals surface area contributed by atoms with Gasteiger partial charge in [0.2, 0.25) is 0 Å². The molecule has 0 spiro atoms. The van der Waals surface area contributed by atoms with Crippen molar-refractivity contribution in [2.75, 3.05) is 25.4 Å². The lowest BCUT2D eigenvalue weighted by molar-refractivity contribution is 0.156. The van der Waals surface area contributed by atoms with E-state index in [1.165, 1.54) is 51.7 Å². The maximum Gasteiger partial charge on any atom is -0.00160 e. The fourth-order valence-corrected chi connectivity index (χ4v) is 2.69. The SMILES string of the molecule is CC(C)C1CCN(CCCCCS)CC1. The Bertz CT molecular complexity index is 151. The van der Waals surface area contributed by atoms with Crippen LogP contribution in [0.4, 0.5) is 0 Å². The topological polar surface area (TPSA) is 3.24 Å². The molecule has 1 heterocycles. The third-order valence-electron chi connectivity index (χ3n) is 3.71. The van der Waals surface area contributed by atoms with Crippen LogP contribution in [0, 0.1) is 11.8 Å². The normalized spacial score (nSPS) is 20.0. The molecule has 0 N–H and O–H groups in total. The molecular formula is C13H27NS. The number of hydrogen-bond acceptors (Lipinski definition) is 2. The smallest absolute Gasteiger partial charge is 0.00160 e. The summed E-state index contributed by atoms with van der Waals surface area (Å²) in [5.41, 5.74) is 0. The molecule has 0 unspecified atom stereocenters. The van der Waals surface area contributed by atoms with E-state index in [4.69, 9.17) is 0 Å². The number of piperidine rings is 1. The Morgan fingerprint density at radius 3 is 2.33 bits per heavy atom. The minimum absolute atomic E-state index is 0.885. The van der Waals surface area contributed by atoms with Gasteiger partial charge in [-0.25, -0.2) is 0 Å². The molecule has 0 aromatic rings. The maximum absolute atomic E-state index is 4.24. The second kappa shape index (κ2) is 7.56. The Morgan fingerprint density at radius 1 is 1.13 bits per heavy atom. The van der Waals surface area contributed by atoms with Crippen LogP contribution in [-0.4, -0.2) is 30.3 Å². The van der Waals surface area contributed by atoms with E-state index in [-0.39, 0.29) is 0 Å². The average molecular weight is 229 g/mol. The lowest BCUT2D eigenvalue weighted by Crippen LogP contribution is -2.35. The molecular weight excluding hydrogens is 202 g/mol. The van der Waals surface area contributed by atoms with Crippen LogP contribution in [0.5, 0.6) is 0 Å². The van der Waals surface area contributed by atoms with Crippen molar-refractivity contribution in [3.05, 3.63) is 0 Å². The Kier molecular flexibility index (Phi) is 6.74. The third kappa shape index (κ3) is 5.26. The highest BCUT2D eigenvalue weighted by Gasteiger charge is 2.20. The number of thiol groups is 1. The summed E-state index contributed by atoms with van der Waals surface area (Å²) >= 11 is 4.24. The first-order valence-electron chi connectivity index (χ1n) is 6.57. The molecule has 2 heteroatoms. The lowest BCUT2D eigenvalue weighted by Gasteiger charge is -2.33. The van der Waals surface area contributed by atoms with Gasteiger partial charge in [-0.3, -0.25) is 0 Å². The highest BCUT2D eigenvalue weighted by molar-refractivity contribution is 7.80. The molecule has 0 aliphatic carbocycles. The van der Waals surface area contributed by atoms with Crippen LogP contribution < -0.4 is 0 Å². The van der Waals surface area contributed by atoms with Gasteiger partial charge < -0.3 is 4.90 Å². The molecule has 0 aromatic carbocycles. The Morgan fingerprint density at radius 2 is 1.80 bits per heavy atom. The highest BCUT2D eigenvalue weighted by Crippen LogP contribution is 2.24. The molecule has 90 valence electrons. The summed E-state index contributed by atoms with van der Waals surface area (Å²) in [6.07, 6.45) is 6.85. The van der Waals surface area contributed by atoms with Crippen LogP contribution in [0.15, 0.2) is 0 Å². The molecule has 0 saturated carbocycles. The van der Waals surface area contributed by atoms with Gasteiger partial charge in [-0.15, -0.1) is 0 Å². The quantitative estimate of drug-likeness (QED) is 0.539. The summed E-state index contributed by atoms with van der Waals surface area (Å²) in [5.74, 6) is 2.92. The molecule has 0 radical (unpaired) electrons. The van der Waals surface area contributed by atoms with E-state index in [1.54, 1.807) is 0 Å². The second-order valence-electron chi connectivity index (χ2n) is 5.21. The zero-order chi connectivity index (χ0) is 11.1. The summed E-state index contributed by atoms with van der Waals surface area (Å²) in [4.78, 5) is 2.65. The second-order valence-corrected chi connectivity index (χ2v) is 5.65. The Balaban J connectivity index is 2.04. The molecule has 15 heavy (non-hydrogen) atoms. The van der Waals surface area contributed by atoms with Crippen molar-refractivity contribution >= 4 is 12.6 Å². The summed E-state index contributed by atoms with van der Waals surface area (Å²) < 4.78 is 0. The van der Waals surface area contributed by atoms with Crippen LogP contribution in [0.1, 0.15) is 46.0 Å². The van der Waals surface area contributed by atoms with Crippen molar-refractivity contribution in [1.82, 2.24) is 4.90 Å². The van der Waals surface area contributed by atoms with Crippen LogP contribution in [0.2, 0.25) is 0 Å². The first-order chi connectivity index (χ1) is 7.24.